The van der Waals surface area contributed by atoms with Crippen molar-refractivity contribution in [1.29, 1.82) is 0 Å². The number of nitrogens with zero attached hydrogens (tertiary/aromatic N) is 3. The molecule has 1 aromatic heterocycles. The molecule has 0 atom stereocenters. The van der Waals surface area contributed by atoms with Crippen LogP contribution in [0.15, 0.2) is 36.5 Å². The quantitative estimate of drug-likeness (QED) is 0.848. The van der Waals surface area contributed by atoms with Crippen LogP contribution in [0.3, 0.4) is 0 Å². The van der Waals surface area contributed by atoms with Crippen LogP contribution in [-0.2, 0) is 9.59 Å². The first-order valence-electron chi connectivity index (χ1n) is 8.28. The van der Waals surface area contributed by atoms with E-state index < -0.39 is 0 Å². The fourth-order valence-corrected chi connectivity index (χ4v) is 2.29. The Morgan fingerprint density at radius 2 is 1.88 bits per heavy atom. The number of hydrogen-bond donors (Lipinski definition) is 1. The van der Waals surface area contributed by atoms with Gasteiger partial charge in [0.2, 0.25) is 11.8 Å². The molecule has 0 unspecified atom stereocenters. The second-order valence-electron chi connectivity index (χ2n) is 6.77. The van der Waals surface area contributed by atoms with E-state index in [-0.39, 0.29) is 23.9 Å². The van der Waals surface area contributed by atoms with Crippen molar-refractivity contribution >= 4 is 28.9 Å². The van der Waals surface area contributed by atoms with E-state index >= 15 is 0 Å². The highest BCUT2D eigenvalue weighted by molar-refractivity contribution is 5.94. The molecule has 25 heavy (non-hydrogen) atoms. The van der Waals surface area contributed by atoms with Gasteiger partial charge in [0.05, 0.1) is 29.5 Å². The average Bonchev–Trinajstić information content (AvgIpc) is 2.55. The molecule has 6 nitrogen and oxygen atoms in total. The van der Waals surface area contributed by atoms with E-state index in [1.807, 2.05) is 52.0 Å². The molecule has 1 heterocycles. The van der Waals surface area contributed by atoms with E-state index in [1.165, 1.54) is 11.0 Å². The van der Waals surface area contributed by atoms with Crippen molar-refractivity contribution in [2.45, 2.75) is 33.2 Å². The number of rotatable bonds is 5. The third-order valence-corrected chi connectivity index (χ3v) is 3.41. The number of carbonyl (C=O) groups is 2. The molecule has 0 aliphatic rings. The molecule has 1 aromatic carbocycles. The minimum absolute atomic E-state index is 0.0281. The second-order valence-corrected chi connectivity index (χ2v) is 6.77. The first-order chi connectivity index (χ1) is 11.8. The Morgan fingerprint density at radius 1 is 1.20 bits per heavy atom. The maximum atomic E-state index is 12.3. The van der Waals surface area contributed by atoms with E-state index in [4.69, 9.17) is 0 Å². The molecular weight excluding hydrogens is 316 g/mol. The molecule has 0 saturated heterocycles. The molecule has 0 radical (unpaired) electrons. The van der Waals surface area contributed by atoms with E-state index in [9.17, 15) is 9.59 Å². The summed E-state index contributed by atoms with van der Waals surface area (Å²) in [6.45, 7) is 8.03. The lowest BCUT2D eigenvalue weighted by atomic mass is 10.1. The predicted octanol–water partition coefficient (Wildman–Crippen LogP) is 2.41. The van der Waals surface area contributed by atoms with Crippen LogP contribution in [0, 0.1) is 0 Å². The predicted molar refractivity (Wildman–Crippen MR) is 98.7 cm³/mol. The molecule has 0 fully saturated rings. The third kappa shape index (κ3) is 5.67. The van der Waals surface area contributed by atoms with Crippen molar-refractivity contribution in [2.24, 2.45) is 0 Å². The van der Waals surface area contributed by atoms with Gasteiger partial charge in [0.1, 0.15) is 0 Å². The Labute approximate surface area is 148 Å². The van der Waals surface area contributed by atoms with Crippen LogP contribution < -0.4 is 5.32 Å². The smallest absolute Gasteiger partial charge is 0.247 e. The Morgan fingerprint density at radius 3 is 2.52 bits per heavy atom. The van der Waals surface area contributed by atoms with Gasteiger partial charge in [0.25, 0.3) is 0 Å². The zero-order chi connectivity index (χ0) is 18.4. The summed E-state index contributed by atoms with van der Waals surface area (Å²) in [6, 6.07) is 7.55. The Bertz CT molecular complexity index is 793. The summed E-state index contributed by atoms with van der Waals surface area (Å²) in [5.41, 5.74) is 1.85. The molecule has 2 amide bonds. The van der Waals surface area contributed by atoms with E-state index in [1.54, 1.807) is 12.3 Å². The summed E-state index contributed by atoms with van der Waals surface area (Å²) < 4.78 is 0. The fourth-order valence-electron chi connectivity index (χ4n) is 2.29. The second kappa shape index (κ2) is 7.88. The van der Waals surface area contributed by atoms with Crippen LogP contribution >= 0.6 is 0 Å². The van der Waals surface area contributed by atoms with Gasteiger partial charge in [-0.25, -0.2) is 4.98 Å². The topological polar surface area (TPSA) is 75.2 Å². The zero-order valence-electron chi connectivity index (χ0n) is 15.1. The summed E-state index contributed by atoms with van der Waals surface area (Å²) >= 11 is 0. The van der Waals surface area contributed by atoms with Gasteiger partial charge in [-0.05, 0) is 45.9 Å². The van der Waals surface area contributed by atoms with E-state index in [2.05, 4.69) is 15.3 Å². The van der Waals surface area contributed by atoms with Crippen molar-refractivity contribution in [3.05, 3.63) is 42.2 Å². The monoisotopic (exact) mass is 340 g/mol. The molecule has 0 bridgehead atoms. The van der Waals surface area contributed by atoms with Crippen LogP contribution in [0.2, 0.25) is 0 Å². The van der Waals surface area contributed by atoms with Crippen LogP contribution in [-0.4, -0.2) is 45.3 Å². The lowest BCUT2D eigenvalue weighted by Gasteiger charge is -2.24. The average molecular weight is 340 g/mol. The Hall–Kier alpha value is -2.76. The van der Waals surface area contributed by atoms with Crippen LogP contribution in [0.4, 0.5) is 0 Å². The number of amides is 2. The number of para-hydroxylation sites is 2. The molecule has 0 aliphatic carbocycles. The fraction of sp³-hybridized carbons (Fsp3) is 0.368. The minimum atomic E-state index is -0.323. The van der Waals surface area contributed by atoms with Gasteiger partial charge in [0.15, 0.2) is 0 Å². The number of benzene rings is 1. The lowest BCUT2D eigenvalue weighted by molar-refractivity contribution is -0.132. The number of aromatic nitrogens is 2. The standard InChI is InChI=1S/C19H24N4O2/c1-5-23(13-17(24)22-19(2,3)4)18(25)11-10-14-12-20-15-8-6-7-9-16(15)21-14/h6-12H,5,13H2,1-4H3,(H,22,24)/b11-10+. The third-order valence-electron chi connectivity index (χ3n) is 3.41. The van der Waals surface area contributed by atoms with Gasteiger partial charge in [-0.15, -0.1) is 0 Å². The summed E-state index contributed by atoms with van der Waals surface area (Å²) in [5, 5.41) is 2.85. The van der Waals surface area contributed by atoms with Crippen molar-refractivity contribution in [3.63, 3.8) is 0 Å². The Balaban J connectivity index is 2.04. The summed E-state index contributed by atoms with van der Waals surface area (Å²) in [7, 11) is 0. The molecular formula is C19H24N4O2. The van der Waals surface area contributed by atoms with Gasteiger partial charge in [0, 0.05) is 18.2 Å². The maximum Gasteiger partial charge on any atom is 0.247 e. The molecule has 2 rings (SSSR count). The van der Waals surface area contributed by atoms with Gasteiger partial charge < -0.3 is 10.2 Å². The molecule has 132 valence electrons. The SMILES string of the molecule is CCN(CC(=O)NC(C)(C)C)C(=O)/C=C/c1cnc2ccccc2n1. The molecule has 6 heteroatoms. The van der Waals surface area contributed by atoms with Crippen molar-refractivity contribution in [3.8, 4) is 0 Å². The molecule has 1 N–H and O–H groups in total. The molecule has 0 saturated carbocycles. The van der Waals surface area contributed by atoms with Gasteiger partial charge >= 0.3 is 0 Å². The maximum absolute atomic E-state index is 12.3. The molecule has 0 spiro atoms. The number of fused-ring (bicyclic) bond motifs is 1. The van der Waals surface area contributed by atoms with Crippen LogP contribution in [0.1, 0.15) is 33.4 Å². The highest BCUT2D eigenvalue weighted by Gasteiger charge is 2.18. The van der Waals surface area contributed by atoms with Gasteiger partial charge in [-0.2, -0.15) is 0 Å². The number of hydrogen-bond acceptors (Lipinski definition) is 4. The highest BCUT2D eigenvalue weighted by Crippen LogP contribution is 2.09. The summed E-state index contributed by atoms with van der Waals surface area (Å²) in [5.74, 6) is -0.414. The minimum Gasteiger partial charge on any atom is -0.350 e. The molecule has 2 aromatic rings. The Kier molecular flexibility index (Phi) is 5.85. The zero-order valence-corrected chi connectivity index (χ0v) is 15.1. The van der Waals surface area contributed by atoms with Crippen LogP contribution in [0.5, 0.6) is 0 Å². The summed E-state index contributed by atoms with van der Waals surface area (Å²) in [4.78, 5) is 34.6. The van der Waals surface area contributed by atoms with Gasteiger partial charge in [-0.1, -0.05) is 12.1 Å². The lowest BCUT2D eigenvalue weighted by Crippen LogP contribution is -2.47. The van der Waals surface area contributed by atoms with Crippen molar-refractivity contribution < 1.29 is 9.59 Å². The van der Waals surface area contributed by atoms with Crippen LogP contribution in [0.25, 0.3) is 17.1 Å². The van der Waals surface area contributed by atoms with Crippen molar-refractivity contribution in [2.75, 3.05) is 13.1 Å². The first kappa shape index (κ1) is 18.6. The summed E-state index contributed by atoms with van der Waals surface area (Å²) in [6.07, 6.45) is 4.66. The van der Waals surface area contributed by atoms with E-state index in [0.717, 1.165) is 11.0 Å². The van der Waals surface area contributed by atoms with E-state index in [0.29, 0.717) is 12.2 Å². The highest BCUT2D eigenvalue weighted by atomic mass is 16.2. The number of likely N-dealkylation sites (N-methyl/N-ethyl adjacent to an activating group) is 1. The number of nitrogens with one attached hydrogen (secondary N) is 1. The number of carbonyl (C=O) groups excluding carboxylic acids is 2. The first-order valence-corrected chi connectivity index (χ1v) is 8.28. The normalized spacial score (nSPS) is 11.7. The van der Waals surface area contributed by atoms with Gasteiger partial charge in [-0.3, -0.25) is 14.6 Å². The van der Waals surface area contributed by atoms with Crippen molar-refractivity contribution in [1.82, 2.24) is 20.2 Å². The molecule has 0 aliphatic heterocycles. The largest absolute Gasteiger partial charge is 0.350 e.